The molecule has 0 bridgehead atoms. The molecule has 1 aliphatic carbocycles. The fourth-order valence-corrected chi connectivity index (χ4v) is 9.95. The first-order valence-electron chi connectivity index (χ1n) is 17.8. The summed E-state index contributed by atoms with van der Waals surface area (Å²) in [5.41, 5.74) is 7.89. The molecule has 4 aromatic carbocycles. The van der Waals surface area contributed by atoms with E-state index in [-0.39, 0.29) is 0 Å². The average Bonchev–Trinajstić information content (AvgIpc) is 3.89. The van der Waals surface area contributed by atoms with Crippen LogP contribution in [0.4, 0.5) is 17.1 Å². The van der Waals surface area contributed by atoms with Gasteiger partial charge in [-0.05, 0) is 97.2 Å². The van der Waals surface area contributed by atoms with Gasteiger partial charge in [-0.25, -0.2) is 10.5 Å². The number of thiazole rings is 1. The Bertz CT molecular complexity index is 2200. The third kappa shape index (κ3) is 10.0. The lowest BCUT2D eigenvalue weighted by Crippen LogP contribution is -2.35. The molecule has 1 aromatic heterocycles. The summed E-state index contributed by atoms with van der Waals surface area (Å²) in [5, 5.41) is 28.2. The number of aromatic nitrogens is 1. The first-order chi connectivity index (χ1) is 27.5. The van der Waals surface area contributed by atoms with Crippen LogP contribution in [0.1, 0.15) is 30.7 Å². The second kappa shape index (κ2) is 20.4. The third-order valence-corrected chi connectivity index (χ3v) is 13.1. The van der Waals surface area contributed by atoms with Gasteiger partial charge in [0.2, 0.25) is 5.52 Å². The van der Waals surface area contributed by atoms with Crippen LogP contribution in [0.2, 0.25) is 10.0 Å². The topological polar surface area (TPSA) is 87.7 Å². The van der Waals surface area contributed by atoms with Crippen LogP contribution in [0.15, 0.2) is 142 Å². The highest BCUT2D eigenvalue weighted by atomic mass is 35.5. The van der Waals surface area contributed by atoms with Crippen LogP contribution in [0, 0.1) is 0 Å². The smallest absolute Gasteiger partial charge is 0.262 e. The minimum atomic E-state index is 0.635. The molecule has 0 unspecified atom stereocenters. The Morgan fingerprint density at radius 1 is 0.786 bits per heavy atom. The molecule has 0 saturated carbocycles. The van der Waals surface area contributed by atoms with Crippen molar-refractivity contribution >= 4 is 104 Å². The molecule has 2 aliphatic rings. The summed E-state index contributed by atoms with van der Waals surface area (Å²) in [6, 6.07) is 33.0. The Labute approximate surface area is 352 Å². The average molecular weight is 868 g/mol. The molecule has 0 radical (unpaired) electrons. The predicted molar refractivity (Wildman–Crippen MR) is 232 cm³/mol. The minimum Gasteiger partial charge on any atom is -0.335 e. The Kier molecular flexibility index (Phi) is 14.9. The van der Waals surface area contributed by atoms with E-state index in [4.69, 9.17) is 33.7 Å². The SMILES string of the molecule is OOOSCCCN1C(=CC=C2CCC(C=Cc3sc4ccc(Cl)cc4[n+]3CCCSOOO)=C2N(c2ccccc2)c2ccccc2)Sc2ccc(Cl)cc21. The number of halogens is 2. The van der Waals surface area contributed by atoms with Crippen molar-refractivity contribution in [3.63, 3.8) is 0 Å². The van der Waals surface area contributed by atoms with E-state index in [0.717, 1.165) is 111 Å². The third-order valence-electron chi connectivity index (χ3n) is 9.14. The maximum absolute atomic E-state index is 8.56. The van der Waals surface area contributed by atoms with Crippen molar-refractivity contribution in [3.8, 4) is 0 Å². The summed E-state index contributed by atoms with van der Waals surface area (Å²) in [7, 11) is 0. The summed E-state index contributed by atoms with van der Waals surface area (Å²) in [5.74, 6) is 1.27. The first-order valence-corrected chi connectivity index (χ1v) is 22.0. The van der Waals surface area contributed by atoms with Crippen molar-refractivity contribution in [1.29, 1.82) is 0 Å². The zero-order chi connectivity index (χ0) is 38.7. The van der Waals surface area contributed by atoms with E-state index in [0.29, 0.717) is 21.6 Å². The second-order valence-corrected chi connectivity index (χ2v) is 17.2. The fraction of sp³-hybridized carbons (Fsp3) is 0.195. The molecule has 0 atom stereocenters. The van der Waals surface area contributed by atoms with Gasteiger partial charge < -0.3 is 9.80 Å². The van der Waals surface area contributed by atoms with E-state index in [1.165, 1.54) is 11.1 Å². The minimum absolute atomic E-state index is 0.635. The molecule has 0 saturated heterocycles. The van der Waals surface area contributed by atoms with Crippen molar-refractivity contribution in [2.24, 2.45) is 0 Å². The molecule has 5 aromatic rings. The summed E-state index contributed by atoms with van der Waals surface area (Å²) in [4.78, 5) is 5.81. The van der Waals surface area contributed by atoms with Gasteiger partial charge in [0.1, 0.15) is 4.70 Å². The number of aryl methyl sites for hydroxylation is 1. The normalized spacial score (nSPS) is 15.7. The molecule has 56 heavy (non-hydrogen) atoms. The van der Waals surface area contributed by atoms with Crippen molar-refractivity contribution in [1.82, 2.24) is 0 Å². The van der Waals surface area contributed by atoms with Crippen LogP contribution < -0.4 is 14.4 Å². The lowest BCUT2D eigenvalue weighted by molar-refractivity contribution is -0.668. The van der Waals surface area contributed by atoms with Gasteiger partial charge in [0, 0.05) is 87.0 Å². The number of hydrogen-bond donors (Lipinski definition) is 2. The molecule has 1 aliphatic heterocycles. The number of anilines is 3. The molecule has 7 rings (SSSR count). The number of rotatable bonds is 18. The van der Waals surface area contributed by atoms with Crippen LogP contribution in [0.25, 0.3) is 16.3 Å². The van der Waals surface area contributed by atoms with Gasteiger partial charge in [0.25, 0.3) is 5.01 Å². The summed E-state index contributed by atoms with van der Waals surface area (Å²) in [6.07, 6.45) is 12.3. The second-order valence-electron chi connectivity index (χ2n) is 12.6. The predicted octanol–water partition coefficient (Wildman–Crippen LogP) is 12.7. The number of nitrogens with zero attached hydrogens (tertiary/aromatic N) is 3. The number of hydrogen-bond acceptors (Lipinski definition) is 12. The van der Waals surface area contributed by atoms with Crippen LogP contribution in [-0.2, 0) is 25.3 Å². The van der Waals surface area contributed by atoms with Gasteiger partial charge in [-0.2, -0.15) is 4.57 Å². The van der Waals surface area contributed by atoms with Gasteiger partial charge in [0.05, 0.1) is 16.4 Å². The zero-order valence-corrected chi connectivity index (χ0v) is 34.7. The molecule has 0 amide bonds. The van der Waals surface area contributed by atoms with E-state index in [2.05, 4.69) is 118 Å². The van der Waals surface area contributed by atoms with Crippen LogP contribution in [0.3, 0.4) is 0 Å². The van der Waals surface area contributed by atoms with Crippen LogP contribution >= 0.6 is 70.4 Å². The Balaban J connectivity index is 1.29. The number of para-hydroxylation sites is 2. The molecule has 15 heteroatoms. The van der Waals surface area contributed by atoms with Gasteiger partial charge in [-0.1, -0.05) is 98.9 Å². The number of benzene rings is 4. The van der Waals surface area contributed by atoms with E-state index >= 15 is 0 Å². The maximum atomic E-state index is 8.56. The van der Waals surface area contributed by atoms with Crippen LogP contribution in [0.5, 0.6) is 0 Å². The molecule has 290 valence electrons. The van der Waals surface area contributed by atoms with Crippen molar-refractivity contribution in [2.45, 2.75) is 37.1 Å². The molecule has 2 N–H and O–H groups in total. The quantitative estimate of drug-likeness (QED) is 0.0290. The molecule has 9 nitrogen and oxygen atoms in total. The van der Waals surface area contributed by atoms with E-state index in [1.807, 2.05) is 36.4 Å². The largest absolute Gasteiger partial charge is 0.335 e. The van der Waals surface area contributed by atoms with Gasteiger partial charge in [-0.15, -0.1) is 8.67 Å². The molecule has 0 spiro atoms. The fourth-order valence-electron chi connectivity index (χ4n) is 6.76. The Hall–Kier alpha value is -3.28. The van der Waals surface area contributed by atoms with Gasteiger partial charge in [-0.3, -0.25) is 0 Å². The highest BCUT2D eigenvalue weighted by Crippen LogP contribution is 2.48. The first kappa shape index (κ1) is 40.9. The van der Waals surface area contributed by atoms with Gasteiger partial charge >= 0.3 is 0 Å². The van der Waals surface area contributed by atoms with E-state index < -0.39 is 0 Å². The Morgan fingerprint density at radius 2 is 1.46 bits per heavy atom. The number of allylic oxidation sites excluding steroid dienone is 5. The highest BCUT2D eigenvalue weighted by molar-refractivity contribution is 8.03. The number of thioether (sulfide) groups is 1. The standard InChI is InChI=1S/C41H37Cl2N3O6S4/c42-31-17-19-37-35(27-31)44(23-7-25-53-51-49-47)39(55-37)21-15-29-13-14-30(41(29)46(33-9-3-1-4-10-33)34-11-5-2-6-12-34)16-22-40-45(24-8-26-54-52-50-48)36-28-32(43)18-20-38(36)56-40/h1-6,9-12,15-22,27-28H,7-8,13-14,23-26H2,(H-,47,48)/p+1. The van der Waals surface area contributed by atoms with E-state index in [9.17, 15) is 0 Å². The molecular weight excluding hydrogens is 830 g/mol. The Morgan fingerprint density at radius 3 is 2.18 bits per heavy atom. The lowest BCUT2D eigenvalue weighted by atomic mass is 10.1. The maximum Gasteiger partial charge on any atom is 0.262 e. The monoisotopic (exact) mass is 866 g/mol. The van der Waals surface area contributed by atoms with Crippen molar-refractivity contribution < 1.29 is 33.8 Å². The molecular formula is C41H38Cl2N3O6S4+. The highest BCUT2D eigenvalue weighted by Gasteiger charge is 2.29. The summed E-state index contributed by atoms with van der Waals surface area (Å²) < 4.78 is 12.7. The molecule has 2 heterocycles. The zero-order valence-electron chi connectivity index (χ0n) is 30.0. The van der Waals surface area contributed by atoms with E-state index in [1.54, 1.807) is 23.1 Å². The molecule has 0 fully saturated rings. The van der Waals surface area contributed by atoms with Crippen molar-refractivity contribution in [3.05, 3.63) is 152 Å². The summed E-state index contributed by atoms with van der Waals surface area (Å²) in [6.45, 7) is 1.46. The van der Waals surface area contributed by atoms with Crippen LogP contribution in [-0.4, -0.2) is 28.6 Å². The lowest BCUT2D eigenvalue weighted by Gasteiger charge is -2.28. The van der Waals surface area contributed by atoms with Gasteiger partial charge in [0.15, 0.2) is 6.54 Å². The van der Waals surface area contributed by atoms with Crippen molar-refractivity contribution in [2.75, 3.05) is 27.9 Å². The number of fused-ring (bicyclic) bond motifs is 2. The summed E-state index contributed by atoms with van der Waals surface area (Å²) >= 11 is 18.5.